The normalized spacial score (nSPS) is 15.3. The highest BCUT2D eigenvalue weighted by molar-refractivity contribution is 6.33. The van der Waals surface area contributed by atoms with E-state index in [1.54, 1.807) is 43.3 Å². The van der Waals surface area contributed by atoms with Crippen molar-refractivity contribution >= 4 is 35.5 Å². The van der Waals surface area contributed by atoms with Crippen molar-refractivity contribution in [1.29, 1.82) is 5.26 Å². The van der Waals surface area contributed by atoms with Gasteiger partial charge in [-0.25, -0.2) is 4.79 Å². The van der Waals surface area contributed by atoms with Crippen LogP contribution < -0.4 is 5.32 Å². The number of hydrogen-bond donors (Lipinski definition) is 1. The first-order valence-corrected chi connectivity index (χ1v) is 8.99. The van der Waals surface area contributed by atoms with Crippen LogP contribution in [0.25, 0.3) is 17.4 Å². The molecule has 29 heavy (non-hydrogen) atoms. The predicted octanol–water partition coefficient (Wildman–Crippen LogP) is 3.66. The zero-order valence-electron chi connectivity index (χ0n) is 15.5. The molecule has 0 fully saturated rings. The van der Waals surface area contributed by atoms with E-state index in [1.807, 2.05) is 0 Å². The molecular weight excluding hydrogens is 396 g/mol. The van der Waals surface area contributed by atoms with Gasteiger partial charge in [0, 0.05) is 11.1 Å². The minimum Gasteiger partial charge on any atom is -0.462 e. The van der Waals surface area contributed by atoms with E-state index in [9.17, 15) is 14.4 Å². The number of benzene rings is 1. The summed E-state index contributed by atoms with van der Waals surface area (Å²) in [6.45, 7) is 3.45. The monoisotopic (exact) mass is 410 g/mol. The van der Waals surface area contributed by atoms with Gasteiger partial charge in [-0.2, -0.15) is 5.26 Å². The molecule has 0 spiro atoms. The highest BCUT2D eigenvalue weighted by Crippen LogP contribution is 2.29. The van der Waals surface area contributed by atoms with Crippen molar-refractivity contribution in [3.63, 3.8) is 0 Å². The van der Waals surface area contributed by atoms with Crippen molar-refractivity contribution in [2.45, 2.75) is 13.8 Å². The Labute approximate surface area is 171 Å². The Kier molecular flexibility index (Phi) is 5.66. The highest BCUT2D eigenvalue weighted by Gasteiger charge is 2.27. The summed E-state index contributed by atoms with van der Waals surface area (Å²) in [4.78, 5) is 35.8. The number of hydrogen-bond acceptors (Lipinski definition) is 6. The lowest BCUT2D eigenvalue weighted by Gasteiger charge is -2.15. The van der Waals surface area contributed by atoms with Gasteiger partial charge in [0.1, 0.15) is 23.2 Å². The van der Waals surface area contributed by atoms with Gasteiger partial charge in [0.25, 0.3) is 11.8 Å². The van der Waals surface area contributed by atoms with Gasteiger partial charge in [-0.15, -0.1) is 0 Å². The lowest BCUT2D eigenvalue weighted by molar-refractivity contribution is -0.126. The molecule has 2 aromatic rings. The Morgan fingerprint density at radius 2 is 2.03 bits per heavy atom. The van der Waals surface area contributed by atoms with Crippen molar-refractivity contribution < 1.29 is 23.5 Å². The Morgan fingerprint density at radius 3 is 2.72 bits per heavy atom. The van der Waals surface area contributed by atoms with Crippen LogP contribution in [-0.4, -0.2) is 24.4 Å². The summed E-state index contributed by atoms with van der Waals surface area (Å²) >= 11 is 6.08. The Hall–Kier alpha value is -3.63. The number of furan rings is 1. The quantitative estimate of drug-likeness (QED) is 0.468. The maximum absolute atomic E-state index is 12.1. The van der Waals surface area contributed by atoms with E-state index in [1.165, 1.54) is 13.0 Å². The minimum atomic E-state index is -0.722. The largest absolute Gasteiger partial charge is 0.462 e. The number of carbonyl (C=O) groups excluding carboxylic acids is 3. The average Bonchev–Trinajstić information content (AvgIpc) is 3.14. The number of imide groups is 1. The standard InChI is InChI=1S/C21H15ClN2O5/c1-3-28-21(27)15-8-12(4-6-17(15)22)18-7-5-13(29-18)9-14-11(2)16(10-23)20(26)24-19(14)25/h4-9H,3H2,1-2H3,(H,24,25,26)/b14-9-. The van der Waals surface area contributed by atoms with Crippen molar-refractivity contribution in [2.75, 3.05) is 6.61 Å². The summed E-state index contributed by atoms with van der Waals surface area (Å²) in [5.41, 5.74) is 1.11. The second-order valence-corrected chi connectivity index (χ2v) is 6.48. The maximum atomic E-state index is 12.1. The van der Waals surface area contributed by atoms with Gasteiger partial charge in [-0.1, -0.05) is 11.6 Å². The van der Waals surface area contributed by atoms with Crippen LogP contribution in [0.1, 0.15) is 30.0 Å². The van der Waals surface area contributed by atoms with Gasteiger partial charge in [-0.05, 0) is 55.8 Å². The van der Waals surface area contributed by atoms with Gasteiger partial charge in [0.05, 0.1) is 17.2 Å². The molecule has 146 valence electrons. The second-order valence-electron chi connectivity index (χ2n) is 6.07. The minimum absolute atomic E-state index is 0.126. The molecule has 1 N–H and O–H groups in total. The van der Waals surface area contributed by atoms with Gasteiger partial charge >= 0.3 is 5.97 Å². The Morgan fingerprint density at radius 1 is 1.28 bits per heavy atom. The third kappa shape index (κ3) is 3.98. The maximum Gasteiger partial charge on any atom is 0.339 e. The Balaban J connectivity index is 1.97. The number of carbonyl (C=O) groups is 3. The van der Waals surface area contributed by atoms with Gasteiger partial charge in [0.2, 0.25) is 0 Å². The van der Waals surface area contributed by atoms with Crippen LogP contribution in [0.4, 0.5) is 0 Å². The first-order chi connectivity index (χ1) is 13.8. The summed E-state index contributed by atoms with van der Waals surface area (Å²) in [6, 6.07) is 9.90. The lowest BCUT2D eigenvalue weighted by atomic mass is 9.96. The molecule has 8 heteroatoms. The summed E-state index contributed by atoms with van der Waals surface area (Å²) in [7, 11) is 0. The molecule has 7 nitrogen and oxygen atoms in total. The SMILES string of the molecule is CCOC(=O)c1cc(-c2ccc(/C=C3\C(=O)NC(=O)C(C#N)=C3C)o2)ccc1Cl. The van der Waals surface area contributed by atoms with Crippen LogP contribution in [0.2, 0.25) is 5.02 Å². The molecule has 1 aliphatic rings. The summed E-state index contributed by atoms with van der Waals surface area (Å²) < 4.78 is 10.7. The molecule has 0 bridgehead atoms. The van der Waals surface area contributed by atoms with Gasteiger partial charge < -0.3 is 9.15 Å². The van der Waals surface area contributed by atoms with Crippen LogP contribution in [0.15, 0.2) is 51.5 Å². The fourth-order valence-electron chi connectivity index (χ4n) is 2.79. The summed E-state index contributed by atoms with van der Waals surface area (Å²) in [5.74, 6) is -1.10. The molecule has 1 aromatic carbocycles. The van der Waals surface area contributed by atoms with E-state index in [0.717, 1.165) is 0 Å². The number of nitrogens with zero attached hydrogens (tertiary/aromatic N) is 1. The fraction of sp³-hybridized carbons (Fsp3) is 0.143. The predicted molar refractivity (Wildman–Crippen MR) is 105 cm³/mol. The third-order valence-corrected chi connectivity index (χ3v) is 4.58. The average molecular weight is 411 g/mol. The van der Waals surface area contributed by atoms with Crippen LogP contribution in [0, 0.1) is 11.3 Å². The molecule has 0 unspecified atom stereocenters. The van der Waals surface area contributed by atoms with E-state index in [0.29, 0.717) is 17.1 Å². The van der Waals surface area contributed by atoms with Crippen LogP contribution in [-0.2, 0) is 14.3 Å². The molecule has 0 saturated heterocycles. The third-order valence-electron chi connectivity index (χ3n) is 4.25. The smallest absolute Gasteiger partial charge is 0.339 e. The topological polar surface area (TPSA) is 109 Å². The molecule has 0 saturated carbocycles. The van der Waals surface area contributed by atoms with E-state index < -0.39 is 17.8 Å². The number of rotatable bonds is 4. The van der Waals surface area contributed by atoms with Gasteiger partial charge in [0.15, 0.2) is 0 Å². The number of nitriles is 1. The lowest BCUT2D eigenvalue weighted by Crippen LogP contribution is -2.37. The highest BCUT2D eigenvalue weighted by atomic mass is 35.5. The van der Waals surface area contributed by atoms with Crippen LogP contribution in [0.5, 0.6) is 0 Å². The molecule has 2 heterocycles. The first kappa shape index (κ1) is 20.1. The molecule has 2 amide bonds. The van der Waals surface area contributed by atoms with Crippen molar-refractivity contribution in [3.05, 3.63) is 63.4 Å². The van der Waals surface area contributed by atoms with Crippen molar-refractivity contribution in [1.82, 2.24) is 5.32 Å². The van der Waals surface area contributed by atoms with Crippen molar-refractivity contribution in [3.8, 4) is 17.4 Å². The van der Waals surface area contributed by atoms with Crippen molar-refractivity contribution in [2.24, 2.45) is 0 Å². The molecule has 0 atom stereocenters. The Bertz CT molecular complexity index is 1130. The number of amides is 2. The van der Waals surface area contributed by atoms with E-state index in [-0.39, 0.29) is 33.9 Å². The number of nitrogens with one attached hydrogen (secondary N) is 1. The number of ether oxygens (including phenoxy) is 1. The molecule has 1 aromatic heterocycles. The summed E-state index contributed by atoms with van der Waals surface area (Å²) in [6.07, 6.45) is 1.44. The molecule has 1 aliphatic heterocycles. The van der Waals surface area contributed by atoms with E-state index >= 15 is 0 Å². The molecule has 3 rings (SSSR count). The zero-order chi connectivity index (χ0) is 21.1. The van der Waals surface area contributed by atoms with E-state index in [4.69, 9.17) is 26.0 Å². The zero-order valence-corrected chi connectivity index (χ0v) is 16.3. The molecule has 0 aliphatic carbocycles. The molecular formula is C21H15ClN2O5. The number of esters is 1. The number of halogens is 1. The fourth-order valence-corrected chi connectivity index (χ4v) is 2.98. The second kappa shape index (κ2) is 8.17. The van der Waals surface area contributed by atoms with Gasteiger partial charge in [-0.3, -0.25) is 14.9 Å². The summed E-state index contributed by atoms with van der Waals surface area (Å²) in [5, 5.41) is 11.5. The van der Waals surface area contributed by atoms with Crippen LogP contribution in [0.3, 0.4) is 0 Å². The molecule has 0 radical (unpaired) electrons. The van der Waals surface area contributed by atoms with E-state index in [2.05, 4.69) is 5.32 Å². The van der Waals surface area contributed by atoms with Crippen LogP contribution >= 0.6 is 11.6 Å². The first-order valence-electron chi connectivity index (χ1n) is 8.61.